The van der Waals surface area contributed by atoms with Crippen molar-refractivity contribution in [1.29, 1.82) is 0 Å². The average Bonchev–Trinajstić information content (AvgIpc) is 3.30. The van der Waals surface area contributed by atoms with Gasteiger partial charge in [0.1, 0.15) is 35.6 Å². The molecule has 42 heavy (non-hydrogen) atoms. The van der Waals surface area contributed by atoms with E-state index in [9.17, 15) is 23.8 Å². The molecular weight excluding hydrogens is 548 g/mol. The van der Waals surface area contributed by atoms with Crippen LogP contribution in [0.15, 0.2) is 95.9 Å². The number of anilines is 1. The molecule has 3 N–H and O–H groups in total. The molecule has 0 bridgehead atoms. The summed E-state index contributed by atoms with van der Waals surface area (Å²) >= 11 is 0. The lowest BCUT2D eigenvalue weighted by atomic mass is 9.77. The van der Waals surface area contributed by atoms with Crippen LogP contribution < -0.4 is 20.5 Å². The molecule has 9 nitrogen and oxygen atoms in total. The lowest BCUT2D eigenvalue weighted by Gasteiger charge is -2.37. The van der Waals surface area contributed by atoms with E-state index in [1.807, 2.05) is 78.9 Å². The van der Waals surface area contributed by atoms with Crippen molar-refractivity contribution in [2.24, 2.45) is 0 Å². The van der Waals surface area contributed by atoms with Crippen LogP contribution in [0.3, 0.4) is 0 Å². The van der Waals surface area contributed by atoms with E-state index in [1.165, 1.54) is 12.3 Å². The van der Waals surface area contributed by atoms with E-state index in [4.69, 9.17) is 14.2 Å². The number of halogens is 2. The maximum atomic E-state index is 15.0. The van der Waals surface area contributed by atoms with E-state index in [0.717, 1.165) is 21.3 Å². The van der Waals surface area contributed by atoms with Crippen molar-refractivity contribution in [2.75, 3.05) is 32.8 Å². The fourth-order valence-electron chi connectivity index (χ4n) is 5.27. The summed E-state index contributed by atoms with van der Waals surface area (Å²) < 4.78 is 45.6. The van der Waals surface area contributed by atoms with Gasteiger partial charge in [-0.1, -0.05) is 54.6 Å². The summed E-state index contributed by atoms with van der Waals surface area (Å²) in [6, 6.07) is 25.9. The van der Waals surface area contributed by atoms with Crippen LogP contribution in [-0.2, 0) is 10.3 Å². The van der Waals surface area contributed by atoms with Crippen molar-refractivity contribution in [1.82, 2.24) is 9.55 Å². The number of alkyl halides is 2. The standard InChI is InChI=1S/C31H31F2N3O6/c1-40-23-12-8-21(9-13-23)31(20-6-4-3-5-7-20,22-10-14-24(41-2)15-11-22)35-25-16-17-36(29(39)34-25)28-26(33)27(38)30(18-32,19-37)42-28/h3-17,26-28,37-38H,18-19H2,1-2H3,(H,34,35,39)/t26-,27+,28-,30-/m1/s1. The molecule has 0 radical (unpaired) electrons. The molecule has 5 rings (SSSR count). The van der Waals surface area contributed by atoms with Crippen molar-refractivity contribution in [3.05, 3.63) is 118 Å². The van der Waals surface area contributed by atoms with E-state index in [1.54, 1.807) is 14.2 Å². The van der Waals surface area contributed by atoms with Gasteiger partial charge in [-0.3, -0.25) is 4.57 Å². The van der Waals surface area contributed by atoms with Gasteiger partial charge in [0, 0.05) is 6.20 Å². The van der Waals surface area contributed by atoms with E-state index in [-0.39, 0.29) is 5.82 Å². The SMILES string of the molecule is COc1ccc(C(Nc2ccn([C@@H]3O[C@@](CO)(CF)[C@@H](O)[C@H]3F)c(=O)n2)(c2ccccc2)c2ccc(OC)cc2)cc1. The Balaban J connectivity index is 1.63. The van der Waals surface area contributed by atoms with Gasteiger partial charge >= 0.3 is 5.69 Å². The highest BCUT2D eigenvalue weighted by Crippen LogP contribution is 2.42. The molecule has 0 amide bonds. The van der Waals surface area contributed by atoms with Crippen LogP contribution in [0.2, 0.25) is 0 Å². The predicted octanol–water partition coefficient (Wildman–Crippen LogP) is 3.59. The van der Waals surface area contributed by atoms with Gasteiger partial charge in [-0.2, -0.15) is 4.98 Å². The highest BCUT2D eigenvalue weighted by molar-refractivity contribution is 5.59. The molecule has 1 aromatic heterocycles. The molecule has 0 spiro atoms. The Morgan fingerprint density at radius 3 is 1.95 bits per heavy atom. The zero-order valence-electron chi connectivity index (χ0n) is 23.0. The Labute approximate surface area is 241 Å². The molecule has 220 valence electrons. The van der Waals surface area contributed by atoms with Crippen molar-refractivity contribution in [2.45, 2.75) is 29.6 Å². The molecule has 11 heteroatoms. The lowest BCUT2D eigenvalue weighted by molar-refractivity contribution is -0.138. The molecule has 1 saturated heterocycles. The molecule has 2 heterocycles. The smallest absolute Gasteiger partial charge is 0.351 e. The number of nitrogens with zero attached hydrogens (tertiary/aromatic N) is 2. The van der Waals surface area contributed by atoms with Crippen molar-refractivity contribution in [3.63, 3.8) is 0 Å². The molecule has 0 unspecified atom stereocenters. The third kappa shape index (κ3) is 5.00. The Morgan fingerprint density at radius 2 is 1.50 bits per heavy atom. The first-order valence-corrected chi connectivity index (χ1v) is 13.2. The molecule has 4 atom stereocenters. The maximum absolute atomic E-state index is 15.0. The summed E-state index contributed by atoms with van der Waals surface area (Å²) in [5.74, 6) is 1.46. The molecule has 4 aromatic rings. The molecule has 0 aliphatic carbocycles. The van der Waals surface area contributed by atoms with Gasteiger partial charge in [0.05, 0.1) is 20.8 Å². The quantitative estimate of drug-likeness (QED) is 0.244. The Hall–Kier alpha value is -4.32. The van der Waals surface area contributed by atoms with Gasteiger partial charge in [-0.15, -0.1) is 0 Å². The molecule has 1 fully saturated rings. The average molecular weight is 580 g/mol. The van der Waals surface area contributed by atoms with Crippen molar-refractivity contribution in [3.8, 4) is 11.5 Å². The Bertz CT molecular complexity index is 1500. The minimum Gasteiger partial charge on any atom is -0.497 e. The summed E-state index contributed by atoms with van der Waals surface area (Å²) in [6.07, 6.45) is -4.57. The van der Waals surface area contributed by atoms with Crippen LogP contribution in [0.5, 0.6) is 11.5 Å². The minimum atomic E-state index is -2.17. The van der Waals surface area contributed by atoms with Crippen LogP contribution in [-0.4, -0.2) is 65.1 Å². The zero-order valence-corrected chi connectivity index (χ0v) is 23.0. The topological polar surface area (TPSA) is 115 Å². The first-order chi connectivity index (χ1) is 20.3. The molecule has 3 aromatic carbocycles. The van der Waals surface area contributed by atoms with Gasteiger partial charge in [-0.05, 0) is 47.0 Å². The number of ether oxygens (including phenoxy) is 3. The minimum absolute atomic E-state index is 0.152. The zero-order chi connectivity index (χ0) is 29.9. The fraction of sp³-hybridized carbons (Fsp3) is 0.290. The second-order valence-corrected chi connectivity index (χ2v) is 9.95. The third-order valence-corrected chi connectivity index (χ3v) is 7.63. The summed E-state index contributed by atoms with van der Waals surface area (Å²) in [5.41, 5.74) is -1.73. The van der Waals surface area contributed by atoms with E-state index >= 15 is 0 Å². The van der Waals surface area contributed by atoms with Crippen LogP contribution in [0.1, 0.15) is 22.9 Å². The number of benzene rings is 3. The molecule has 1 aliphatic rings. The summed E-state index contributed by atoms with van der Waals surface area (Å²) in [5, 5.41) is 23.2. The lowest BCUT2D eigenvalue weighted by Crippen LogP contribution is -2.47. The largest absolute Gasteiger partial charge is 0.497 e. The number of rotatable bonds is 10. The highest BCUT2D eigenvalue weighted by Gasteiger charge is 2.56. The number of hydrogen-bond donors (Lipinski definition) is 3. The van der Waals surface area contributed by atoms with Crippen LogP contribution in [0, 0.1) is 0 Å². The van der Waals surface area contributed by atoms with Crippen LogP contribution >= 0.6 is 0 Å². The van der Waals surface area contributed by atoms with E-state index in [2.05, 4.69) is 10.3 Å². The van der Waals surface area contributed by atoms with Crippen molar-refractivity contribution >= 4 is 5.82 Å². The van der Waals surface area contributed by atoms with Gasteiger partial charge < -0.3 is 29.7 Å². The first-order valence-electron chi connectivity index (χ1n) is 13.2. The van der Waals surface area contributed by atoms with Gasteiger partial charge in [0.15, 0.2) is 18.0 Å². The number of aromatic nitrogens is 2. The van der Waals surface area contributed by atoms with Gasteiger partial charge in [0.25, 0.3) is 0 Å². The normalized spacial score (nSPS) is 22.1. The number of methoxy groups -OCH3 is 2. The van der Waals surface area contributed by atoms with E-state index in [0.29, 0.717) is 11.5 Å². The predicted molar refractivity (Wildman–Crippen MR) is 151 cm³/mol. The van der Waals surface area contributed by atoms with Gasteiger partial charge in [-0.25, -0.2) is 13.6 Å². The Morgan fingerprint density at radius 1 is 0.952 bits per heavy atom. The van der Waals surface area contributed by atoms with Gasteiger partial charge in [0.2, 0.25) is 0 Å². The van der Waals surface area contributed by atoms with Crippen LogP contribution in [0.4, 0.5) is 14.6 Å². The number of aliphatic hydroxyl groups is 2. The monoisotopic (exact) mass is 579 g/mol. The summed E-state index contributed by atoms with van der Waals surface area (Å²) in [7, 11) is 3.15. The third-order valence-electron chi connectivity index (χ3n) is 7.63. The highest BCUT2D eigenvalue weighted by atomic mass is 19.1. The number of nitrogens with one attached hydrogen (secondary N) is 1. The second kappa shape index (κ2) is 11.9. The Kier molecular flexibility index (Phi) is 8.26. The molecule has 0 saturated carbocycles. The molecular formula is C31H31F2N3O6. The first kappa shape index (κ1) is 29.2. The maximum Gasteiger partial charge on any atom is 0.351 e. The number of hydrogen-bond acceptors (Lipinski definition) is 8. The number of aliphatic hydroxyl groups excluding tert-OH is 2. The fourth-order valence-corrected chi connectivity index (χ4v) is 5.27. The van der Waals surface area contributed by atoms with E-state index < -0.39 is 48.6 Å². The summed E-state index contributed by atoms with van der Waals surface area (Å²) in [4.78, 5) is 17.4. The van der Waals surface area contributed by atoms with Crippen molar-refractivity contribution < 1.29 is 33.2 Å². The van der Waals surface area contributed by atoms with Crippen LogP contribution in [0.25, 0.3) is 0 Å². The summed E-state index contributed by atoms with van der Waals surface area (Å²) in [6.45, 7) is -2.31. The molecule has 1 aliphatic heterocycles. The second-order valence-electron chi connectivity index (χ2n) is 9.95.